The molecule has 0 aromatic heterocycles. The molecular formula is C16H24N2O2. The van der Waals surface area contributed by atoms with Crippen molar-refractivity contribution in [1.29, 1.82) is 0 Å². The summed E-state index contributed by atoms with van der Waals surface area (Å²) in [6, 6.07) is 8.47. The molecule has 0 saturated heterocycles. The van der Waals surface area contributed by atoms with Crippen LogP contribution in [0.5, 0.6) is 0 Å². The monoisotopic (exact) mass is 276 g/mol. The Morgan fingerprint density at radius 3 is 2.70 bits per heavy atom. The average molecular weight is 276 g/mol. The fourth-order valence-corrected chi connectivity index (χ4v) is 2.48. The number of urea groups is 1. The number of carbonyl (C=O) groups is 1. The second-order valence-corrected chi connectivity index (χ2v) is 5.27. The van der Waals surface area contributed by atoms with Crippen molar-refractivity contribution in [3.63, 3.8) is 0 Å². The van der Waals surface area contributed by atoms with Gasteiger partial charge in [0.1, 0.15) is 0 Å². The SMILES string of the molecule is CCC(CC)NC(=O)NCC1Cc2ccccc2CO1. The van der Waals surface area contributed by atoms with Gasteiger partial charge < -0.3 is 15.4 Å². The second-order valence-electron chi connectivity index (χ2n) is 5.27. The number of nitrogens with one attached hydrogen (secondary N) is 2. The number of rotatable bonds is 5. The van der Waals surface area contributed by atoms with Crippen LogP contribution in [0.25, 0.3) is 0 Å². The molecule has 0 spiro atoms. The summed E-state index contributed by atoms with van der Waals surface area (Å²) in [6.07, 6.45) is 2.84. The largest absolute Gasteiger partial charge is 0.371 e. The highest BCUT2D eigenvalue weighted by molar-refractivity contribution is 5.74. The third kappa shape index (κ3) is 3.97. The Labute approximate surface area is 120 Å². The zero-order chi connectivity index (χ0) is 14.4. The van der Waals surface area contributed by atoms with E-state index in [-0.39, 0.29) is 18.2 Å². The Morgan fingerprint density at radius 1 is 1.30 bits per heavy atom. The molecule has 1 aromatic carbocycles. The van der Waals surface area contributed by atoms with Crippen LogP contribution in [0.4, 0.5) is 4.79 Å². The number of amides is 2. The van der Waals surface area contributed by atoms with E-state index in [2.05, 4.69) is 42.7 Å². The Kier molecular flexibility index (Phi) is 5.41. The van der Waals surface area contributed by atoms with Gasteiger partial charge in [-0.2, -0.15) is 0 Å². The van der Waals surface area contributed by atoms with Crippen LogP contribution in [0, 0.1) is 0 Å². The number of carbonyl (C=O) groups excluding carboxylic acids is 1. The summed E-state index contributed by atoms with van der Waals surface area (Å²) in [5, 5.41) is 5.88. The lowest BCUT2D eigenvalue weighted by Crippen LogP contribution is -2.45. The smallest absolute Gasteiger partial charge is 0.315 e. The van der Waals surface area contributed by atoms with Crippen LogP contribution < -0.4 is 10.6 Å². The normalized spacial score (nSPS) is 17.6. The molecule has 2 N–H and O–H groups in total. The molecule has 0 saturated carbocycles. The molecule has 0 aliphatic carbocycles. The second kappa shape index (κ2) is 7.29. The standard InChI is InChI=1S/C16H24N2O2/c1-3-14(4-2)18-16(19)17-10-15-9-12-7-5-6-8-13(12)11-20-15/h5-8,14-15H,3-4,9-11H2,1-2H3,(H2,17,18,19). The molecule has 110 valence electrons. The van der Waals surface area contributed by atoms with Crippen molar-refractivity contribution in [3.8, 4) is 0 Å². The van der Waals surface area contributed by atoms with Crippen molar-refractivity contribution >= 4 is 6.03 Å². The van der Waals surface area contributed by atoms with Gasteiger partial charge in [0.2, 0.25) is 0 Å². The summed E-state index contributed by atoms with van der Waals surface area (Å²) in [7, 11) is 0. The molecule has 20 heavy (non-hydrogen) atoms. The fourth-order valence-electron chi connectivity index (χ4n) is 2.48. The molecule has 4 nitrogen and oxygen atoms in total. The molecule has 4 heteroatoms. The van der Waals surface area contributed by atoms with Gasteiger partial charge in [-0.3, -0.25) is 0 Å². The van der Waals surface area contributed by atoms with Crippen molar-refractivity contribution in [2.75, 3.05) is 6.54 Å². The molecule has 2 amide bonds. The summed E-state index contributed by atoms with van der Waals surface area (Å²) in [5.74, 6) is 0. The van der Waals surface area contributed by atoms with Gasteiger partial charge in [-0.25, -0.2) is 4.79 Å². The van der Waals surface area contributed by atoms with Gasteiger partial charge in [-0.15, -0.1) is 0 Å². The quantitative estimate of drug-likeness (QED) is 0.868. The van der Waals surface area contributed by atoms with Crippen molar-refractivity contribution in [2.45, 2.75) is 51.9 Å². The van der Waals surface area contributed by atoms with E-state index >= 15 is 0 Å². The lowest BCUT2D eigenvalue weighted by Gasteiger charge is -2.26. The van der Waals surface area contributed by atoms with Crippen LogP contribution in [0.15, 0.2) is 24.3 Å². The van der Waals surface area contributed by atoms with Gasteiger partial charge in [0.05, 0.1) is 12.7 Å². The first-order valence-corrected chi connectivity index (χ1v) is 7.45. The van der Waals surface area contributed by atoms with Gasteiger partial charge in [-0.05, 0) is 24.0 Å². The van der Waals surface area contributed by atoms with Crippen molar-refractivity contribution < 1.29 is 9.53 Å². The molecule has 1 heterocycles. The van der Waals surface area contributed by atoms with Crippen LogP contribution in [-0.4, -0.2) is 24.7 Å². The molecule has 2 rings (SSSR count). The van der Waals surface area contributed by atoms with Gasteiger partial charge >= 0.3 is 6.03 Å². The minimum Gasteiger partial charge on any atom is -0.371 e. The first kappa shape index (κ1) is 14.9. The Hall–Kier alpha value is -1.55. The highest BCUT2D eigenvalue weighted by Gasteiger charge is 2.19. The minimum atomic E-state index is -0.0961. The third-order valence-electron chi connectivity index (χ3n) is 3.85. The Morgan fingerprint density at radius 2 is 2.00 bits per heavy atom. The fraction of sp³-hybridized carbons (Fsp3) is 0.562. The number of fused-ring (bicyclic) bond motifs is 1. The molecule has 1 unspecified atom stereocenters. The summed E-state index contributed by atoms with van der Waals surface area (Å²) < 4.78 is 5.77. The minimum absolute atomic E-state index is 0.0670. The van der Waals surface area contributed by atoms with Crippen LogP contribution in [-0.2, 0) is 17.8 Å². The molecule has 1 aliphatic heterocycles. The topological polar surface area (TPSA) is 50.4 Å². The predicted octanol–water partition coefficient (Wildman–Crippen LogP) is 2.62. The predicted molar refractivity (Wildman–Crippen MR) is 79.6 cm³/mol. The zero-order valence-electron chi connectivity index (χ0n) is 12.3. The van der Waals surface area contributed by atoms with E-state index in [0.29, 0.717) is 13.2 Å². The maximum absolute atomic E-state index is 11.8. The van der Waals surface area contributed by atoms with Crippen LogP contribution in [0.3, 0.4) is 0 Å². The zero-order valence-corrected chi connectivity index (χ0v) is 12.3. The highest BCUT2D eigenvalue weighted by atomic mass is 16.5. The Bertz CT molecular complexity index is 444. The van der Waals surface area contributed by atoms with E-state index in [0.717, 1.165) is 19.3 Å². The molecule has 1 aromatic rings. The molecule has 1 atom stereocenters. The van der Waals surface area contributed by atoms with Crippen molar-refractivity contribution in [2.24, 2.45) is 0 Å². The number of hydrogen-bond donors (Lipinski definition) is 2. The van der Waals surface area contributed by atoms with E-state index in [1.165, 1.54) is 11.1 Å². The first-order chi connectivity index (χ1) is 9.72. The first-order valence-electron chi connectivity index (χ1n) is 7.45. The Balaban J connectivity index is 1.77. The number of ether oxygens (including phenoxy) is 1. The molecular weight excluding hydrogens is 252 g/mol. The van der Waals surface area contributed by atoms with E-state index in [1.807, 2.05) is 6.07 Å². The van der Waals surface area contributed by atoms with Gasteiger partial charge in [0, 0.05) is 19.0 Å². The van der Waals surface area contributed by atoms with Crippen molar-refractivity contribution in [1.82, 2.24) is 10.6 Å². The van der Waals surface area contributed by atoms with E-state index < -0.39 is 0 Å². The maximum atomic E-state index is 11.8. The lowest BCUT2D eigenvalue weighted by molar-refractivity contribution is 0.0305. The van der Waals surface area contributed by atoms with E-state index in [1.54, 1.807) is 0 Å². The van der Waals surface area contributed by atoms with Crippen LogP contribution in [0.2, 0.25) is 0 Å². The lowest BCUT2D eigenvalue weighted by atomic mass is 9.99. The molecule has 0 fully saturated rings. The number of hydrogen-bond acceptors (Lipinski definition) is 2. The van der Waals surface area contributed by atoms with Crippen molar-refractivity contribution in [3.05, 3.63) is 35.4 Å². The van der Waals surface area contributed by atoms with E-state index in [4.69, 9.17) is 4.74 Å². The van der Waals surface area contributed by atoms with Crippen LogP contribution >= 0.6 is 0 Å². The molecule has 1 aliphatic rings. The average Bonchev–Trinajstić information content (AvgIpc) is 2.50. The van der Waals surface area contributed by atoms with Crippen LogP contribution in [0.1, 0.15) is 37.8 Å². The highest BCUT2D eigenvalue weighted by Crippen LogP contribution is 2.19. The molecule has 0 radical (unpaired) electrons. The number of benzene rings is 1. The summed E-state index contributed by atoms with van der Waals surface area (Å²) in [4.78, 5) is 11.8. The van der Waals surface area contributed by atoms with Gasteiger partial charge in [-0.1, -0.05) is 38.1 Å². The maximum Gasteiger partial charge on any atom is 0.315 e. The summed E-state index contributed by atoms with van der Waals surface area (Å²) in [5.41, 5.74) is 2.58. The summed E-state index contributed by atoms with van der Waals surface area (Å²) in [6.45, 7) is 5.35. The van der Waals surface area contributed by atoms with Gasteiger partial charge in [0.25, 0.3) is 0 Å². The van der Waals surface area contributed by atoms with Gasteiger partial charge in [0.15, 0.2) is 0 Å². The summed E-state index contributed by atoms with van der Waals surface area (Å²) >= 11 is 0. The third-order valence-corrected chi connectivity index (χ3v) is 3.85. The molecule has 0 bridgehead atoms. The van der Waals surface area contributed by atoms with E-state index in [9.17, 15) is 4.79 Å².